The number of thioether (sulfide) groups is 1. The van der Waals surface area contributed by atoms with Gasteiger partial charge in [0.25, 0.3) is 0 Å². The summed E-state index contributed by atoms with van der Waals surface area (Å²) in [6.07, 6.45) is 0. The second-order valence-corrected chi connectivity index (χ2v) is 9.91. The molecule has 4 rings (SSSR count). The van der Waals surface area contributed by atoms with Gasteiger partial charge in [0.1, 0.15) is 12.6 Å². The van der Waals surface area contributed by atoms with Gasteiger partial charge in [-0.15, -0.1) is 0 Å². The number of methoxy groups -OCH3 is 1. The zero-order chi connectivity index (χ0) is 25.9. The van der Waals surface area contributed by atoms with Crippen LogP contribution in [-0.2, 0) is 11.3 Å². The zero-order valence-corrected chi connectivity index (χ0v) is 21.8. The quantitative estimate of drug-likeness (QED) is 0.389. The standard InChI is InChI=1S/C29H32N4O3S/c1-35-27-19-24(9-12-26(27)36-16-13-33-14-17-37-18-15-33)28(32-25-10-7-22(20-30)8-11-25)29(34)31-21-23-5-3-2-4-6-23/h2-12,19,28,32H,13-18,21H2,1H3,(H,31,34)/t28-/m1/s1. The topological polar surface area (TPSA) is 86.6 Å². The van der Waals surface area contributed by atoms with Crippen LogP contribution in [0, 0.1) is 11.3 Å². The Kier molecular flexibility index (Phi) is 9.69. The molecule has 0 spiro atoms. The number of carbonyl (C=O) groups is 1. The molecule has 1 aliphatic heterocycles. The minimum atomic E-state index is -0.676. The third kappa shape index (κ3) is 7.66. The summed E-state index contributed by atoms with van der Waals surface area (Å²) in [6.45, 7) is 4.04. The maximum absolute atomic E-state index is 13.4. The van der Waals surface area contributed by atoms with E-state index in [1.807, 2.05) is 60.3 Å². The predicted molar refractivity (Wildman–Crippen MR) is 148 cm³/mol. The molecule has 3 aromatic carbocycles. The molecule has 192 valence electrons. The summed E-state index contributed by atoms with van der Waals surface area (Å²) in [5, 5.41) is 15.5. The van der Waals surface area contributed by atoms with E-state index in [0.29, 0.717) is 30.2 Å². The first-order valence-corrected chi connectivity index (χ1v) is 13.5. The highest BCUT2D eigenvalue weighted by Gasteiger charge is 2.22. The minimum absolute atomic E-state index is 0.174. The lowest BCUT2D eigenvalue weighted by atomic mass is 10.0. The normalized spacial score (nSPS) is 14.3. The van der Waals surface area contributed by atoms with Crippen LogP contribution >= 0.6 is 11.8 Å². The molecule has 1 atom stereocenters. The molecule has 1 amide bonds. The number of benzene rings is 3. The lowest BCUT2D eigenvalue weighted by Crippen LogP contribution is -2.35. The fourth-order valence-electron chi connectivity index (χ4n) is 4.09. The molecule has 1 heterocycles. The molecule has 0 saturated carbocycles. The molecule has 0 bridgehead atoms. The third-order valence-electron chi connectivity index (χ3n) is 6.19. The van der Waals surface area contributed by atoms with Gasteiger partial charge in [-0.05, 0) is 47.5 Å². The van der Waals surface area contributed by atoms with Crippen molar-refractivity contribution in [3.63, 3.8) is 0 Å². The van der Waals surface area contributed by atoms with Crippen molar-refractivity contribution in [2.75, 3.05) is 50.2 Å². The van der Waals surface area contributed by atoms with Crippen LogP contribution < -0.4 is 20.1 Å². The summed E-state index contributed by atoms with van der Waals surface area (Å²) < 4.78 is 11.7. The maximum atomic E-state index is 13.4. The first-order chi connectivity index (χ1) is 18.2. The number of rotatable bonds is 11. The molecule has 1 aliphatic rings. The molecular weight excluding hydrogens is 484 g/mol. The van der Waals surface area contributed by atoms with Crippen molar-refractivity contribution >= 4 is 23.4 Å². The van der Waals surface area contributed by atoms with Gasteiger partial charge in [0.05, 0.1) is 18.7 Å². The third-order valence-corrected chi connectivity index (χ3v) is 7.13. The highest BCUT2D eigenvalue weighted by atomic mass is 32.2. The van der Waals surface area contributed by atoms with Gasteiger partial charge >= 0.3 is 0 Å². The maximum Gasteiger partial charge on any atom is 0.247 e. The first kappa shape index (κ1) is 26.4. The summed E-state index contributed by atoms with van der Waals surface area (Å²) >= 11 is 1.99. The minimum Gasteiger partial charge on any atom is -0.493 e. The number of nitriles is 1. The van der Waals surface area contributed by atoms with Gasteiger partial charge in [0.15, 0.2) is 11.5 Å². The largest absolute Gasteiger partial charge is 0.493 e. The van der Waals surface area contributed by atoms with Crippen molar-refractivity contribution in [3.8, 4) is 17.6 Å². The van der Waals surface area contributed by atoms with E-state index >= 15 is 0 Å². The summed E-state index contributed by atoms with van der Waals surface area (Å²) in [5.41, 5.74) is 3.05. The van der Waals surface area contributed by atoms with E-state index in [9.17, 15) is 4.79 Å². The van der Waals surface area contributed by atoms with Crippen LogP contribution in [0.5, 0.6) is 11.5 Å². The van der Waals surface area contributed by atoms with Gasteiger partial charge in [-0.2, -0.15) is 17.0 Å². The zero-order valence-electron chi connectivity index (χ0n) is 21.0. The average Bonchev–Trinajstić information content (AvgIpc) is 2.96. The van der Waals surface area contributed by atoms with E-state index in [0.717, 1.165) is 48.0 Å². The van der Waals surface area contributed by atoms with Gasteiger partial charge in [-0.3, -0.25) is 9.69 Å². The monoisotopic (exact) mass is 516 g/mol. The number of hydrogen-bond donors (Lipinski definition) is 2. The molecule has 3 aromatic rings. The number of ether oxygens (including phenoxy) is 2. The Labute approximate surface area is 222 Å². The molecule has 0 aliphatic carbocycles. The van der Waals surface area contributed by atoms with E-state index in [2.05, 4.69) is 21.6 Å². The molecule has 0 radical (unpaired) electrons. The smallest absolute Gasteiger partial charge is 0.247 e. The summed E-state index contributed by atoms with van der Waals surface area (Å²) in [4.78, 5) is 15.8. The van der Waals surface area contributed by atoms with Crippen molar-refractivity contribution < 1.29 is 14.3 Å². The van der Waals surface area contributed by atoms with E-state index in [4.69, 9.17) is 14.7 Å². The number of nitrogens with zero attached hydrogens (tertiary/aromatic N) is 2. The van der Waals surface area contributed by atoms with Crippen molar-refractivity contribution in [3.05, 3.63) is 89.5 Å². The first-order valence-electron chi connectivity index (χ1n) is 12.4. The van der Waals surface area contributed by atoms with Gasteiger partial charge in [-0.1, -0.05) is 36.4 Å². The van der Waals surface area contributed by atoms with Crippen LogP contribution in [0.15, 0.2) is 72.8 Å². The van der Waals surface area contributed by atoms with Crippen LogP contribution in [0.2, 0.25) is 0 Å². The van der Waals surface area contributed by atoms with Crippen molar-refractivity contribution in [2.24, 2.45) is 0 Å². The summed E-state index contributed by atoms with van der Waals surface area (Å²) in [5.74, 6) is 3.39. The number of anilines is 1. The lowest BCUT2D eigenvalue weighted by Gasteiger charge is -2.26. The van der Waals surface area contributed by atoms with Crippen molar-refractivity contribution in [2.45, 2.75) is 12.6 Å². The van der Waals surface area contributed by atoms with E-state index in [1.54, 1.807) is 31.4 Å². The number of carbonyl (C=O) groups excluding carboxylic acids is 1. The van der Waals surface area contributed by atoms with E-state index in [-0.39, 0.29) is 5.91 Å². The molecule has 2 N–H and O–H groups in total. The van der Waals surface area contributed by atoms with Crippen LogP contribution in [-0.4, -0.2) is 55.7 Å². The molecular formula is C29H32N4O3S. The highest BCUT2D eigenvalue weighted by Crippen LogP contribution is 2.32. The average molecular weight is 517 g/mol. The number of nitrogens with one attached hydrogen (secondary N) is 2. The molecule has 1 fully saturated rings. The number of hydrogen-bond acceptors (Lipinski definition) is 7. The van der Waals surface area contributed by atoms with Gasteiger partial charge in [0.2, 0.25) is 5.91 Å². The Morgan fingerprint density at radius 3 is 2.51 bits per heavy atom. The molecule has 37 heavy (non-hydrogen) atoms. The molecule has 8 heteroatoms. The molecule has 0 unspecified atom stereocenters. The van der Waals surface area contributed by atoms with Gasteiger partial charge < -0.3 is 20.1 Å². The number of amides is 1. The van der Waals surface area contributed by atoms with Crippen LogP contribution in [0.1, 0.15) is 22.7 Å². The predicted octanol–water partition coefficient (Wildman–Crippen LogP) is 4.46. The van der Waals surface area contributed by atoms with Crippen LogP contribution in [0.3, 0.4) is 0 Å². The van der Waals surface area contributed by atoms with Gasteiger partial charge in [-0.25, -0.2) is 0 Å². The molecule has 0 aromatic heterocycles. The van der Waals surface area contributed by atoms with Crippen molar-refractivity contribution in [1.82, 2.24) is 10.2 Å². The Morgan fingerprint density at radius 1 is 1.05 bits per heavy atom. The molecule has 1 saturated heterocycles. The van der Waals surface area contributed by atoms with Crippen LogP contribution in [0.25, 0.3) is 0 Å². The highest BCUT2D eigenvalue weighted by molar-refractivity contribution is 7.99. The Balaban J connectivity index is 1.49. The Bertz CT molecular complexity index is 1190. The summed E-state index contributed by atoms with van der Waals surface area (Å²) in [6, 6.07) is 23.9. The van der Waals surface area contributed by atoms with Gasteiger partial charge in [0, 0.05) is 43.4 Å². The Morgan fingerprint density at radius 2 is 1.81 bits per heavy atom. The fraction of sp³-hybridized carbons (Fsp3) is 0.310. The SMILES string of the molecule is COc1cc([C@@H](Nc2ccc(C#N)cc2)C(=O)NCc2ccccc2)ccc1OCCN1CCSCC1. The molecule has 7 nitrogen and oxygen atoms in total. The van der Waals surface area contributed by atoms with E-state index in [1.165, 1.54) is 0 Å². The Hall–Kier alpha value is -3.67. The second kappa shape index (κ2) is 13.6. The second-order valence-electron chi connectivity index (χ2n) is 8.68. The van der Waals surface area contributed by atoms with E-state index < -0.39 is 6.04 Å². The van der Waals surface area contributed by atoms with Crippen molar-refractivity contribution in [1.29, 1.82) is 5.26 Å². The fourth-order valence-corrected chi connectivity index (χ4v) is 5.07. The summed E-state index contributed by atoms with van der Waals surface area (Å²) in [7, 11) is 1.60. The lowest BCUT2D eigenvalue weighted by molar-refractivity contribution is -0.122. The van der Waals surface area contributed by atoms with Crippen LogP contribution in [0.4, 0.5) is 5.69 Å².